The Balaban J connectivity index is 2.06. The fourth-order valence-corrected chi connectivity index (χ4v) is 2.04. The molecule has 0 amide bonds. The first-order valence-electron chi connectivity index (χ1n) is 6.20. The van der Waals surface area contributed by atoms with Crippen molar-refractivity contribution in [3.63, 3.8) is 0 Å². The maximum atomic E-state index is 13.9. The Kier molecular flexibility index (Phi) is 5.04. The molecule has 0 atom stereocenters. The molecular formula is C13H15BrFN3O. The zero-order valence-corrected chi connectivity index (χ0v) is 12.2. The van der Waals surface area contributed by atoms with Crippen LogP contribution in [0.15, 0.2) is 27.1 Å². The lowest BCUT2D eigenvalue weighted by Gasteiger charge is -1.99. The molecule has 19 heavy (non-hydrogen) atoms. The summed E-state index contributed by atoms with van der Waals surface area (Å²) in [5, 5.41) is 11.0. The van der Waals surface area contributed by atoms with E-state index in [1.54, 1.807) is 18.2 Å². The van der Waals surface area contributed by atoms with E-state index in [9.17, 15) is 4.39 Å². The summed E-state index contributed by atoms with van der Waals surface area (Å²) in [5.74, 6) is 0.370. The van der Waals surface area contributed by atoms with Crippen molar-refractivity contribution < 1.29 is 8.81 Å². The van der Waals surface area contributed by atoms with Gasteiger partial charge in [0, 0.05) is 6.42 Å². The van der Waals surface area contributed by atoms with Crippen molar-refractivity contribution in [2.45, 2.75) is 19.8 Å². The Bertz CT molecular complexity index is 544. The van der Waals surface area contributed by atoms with E-state index >= 15 is 0 Å². The highest BCUT2D eigenvalue weighted by Crippen LogP contribution is 2.26. The molecule has 0 radical (unpaired) electrons. The molecule has 2 rings (SSSR count). The van der Waals surface area contributed by atoms with Crippen LogP contribution in [0.1, 0.15) is 19.2 Å². The molecule has 1 heterocycles. The van der Waals surface area contributed by atoms with Crippen LogP contribution in [-0.4, -0.2) is 23.3 Å². The van der Waals surface area contributed by atoms with Gasteiger partial charge in [-0.3, -0.25) is 0 Å². The quantitative estimate of drug-likeness (QED) is 0.828. The van der Waals surface area contributed by atoms with Gasteiger partial charge in [0.25, 0.3) is 5.89 Å². The molecule has 2 aromatic rings. The van der Waals surface area contributed by atoms with Crippen molar-refractivity contribution in [2.24, 2.45) is 0 Å². The van der Waals surface area contributed by atoms with E-state index in [0.29, 0.717) is 22.3 Å². The molecule has 6 heteroatoms. The topological polar surface area (TPSA) is 51.0 Å². The van der Waals surface area contributed by atoms with Crippen LogP contribution in [0, 0.1) is 5.82 Å². The van der Waals surface area contributed by atoms with Crippen LogP contribution in [-0.2, 0) is 6.42 Å². The van der Waals surface area contributed by atoms with E-state index in [2.05, 4.69) is 38.4 Å². The second kappa shape index (κ2) is 6.77. The van der Waals surface area contributed by atoms with E-state index in [0.717, 1.165) is 19.5 Å². The van der Waals surface area contributed by atoms with Gasteiger partial charge in [-0.05, 0) is 47.6 Å². The van der Waals surface area contributed by atoms with E-state index in [4.69, 9.17) is 4.42 Å². The minimum atomic E-state index is -0.384. The predicted octanol–water partition coefficient (Wildman–Crippen LogP) is 3.18. The van der Waals surface area contributed by atoms with Crippen LogP contribution in [0.2, 0.25) is 0 Å². The first-order valence-corrected chi connectivity index (χ1v) is 6.99. The number of aryl methyl sites for hydroxylation is 1. The highest BCUT2D eigenvalue weighted by molar-refractivity contribution is 9.10. The van der Waals surface area contributed by atoms with E-state index in [1.807, 2.05) is 0 Å². The Morgan fingerprint density at radius 1 is 1.37 bits per heavy atom. The number of hydrogen-bond donors (Lipinski definition) is 1. The zero-order chi connectivity index (χ0) is 13.7. The van der Waals surface area contributed by atoms with Crippen molar-refractivity contribution in [3.8, 4) is 11.5 Å². The van der Waals surface area contributed by atoms with Crippen molar-refractivity contribution in [1.82, 2.24) is 15.5 Å². The van der Waals surface area contributed by atoms with Gasteiger partial charge >= 0.3 is 0 Å². The average molecular weight is 328 g/mol. The molecule has 1 aromatic carbocycles. The number of hydrogen-bond acceptors (Lipinski definition) is 4. The van der Waals surface area contributed by atoms with Crippen LogP contribution in [0.25, 0.3) is 11.5 Å². The summed E-state index contributed by atoms with van der Waals surface area (Å²) in [6.07, 6.45) is 1.60. The summed E-state index contributed by atoms with van der Waals surface area (Å²) in [6, 6.07) is 4.99. The van der Waals surface area contributed by atoms with Gasteiger partial charge in [0.15, 0.2) is 0 Å². The maximum Gasteiger partial charge on any atom is 0.250 e. The molecule has 0 spiro atoms. The van der Waals surface area contributed by atoms with Crippen LogP contribution in [0.4, 0.5) is 4.39 Å². The summed E-state index contributed by atoms with van der Waals surface area (Å²) in [7, 11) is 0. The molecular weight excluding hydrogens is 313 g/mol. The Hall–Kier alpha value is -1.27. The second-order valence-electron chi connectivity index (χ2n) is 4.06. The highest BCUT2D eigenvalue weighted by atomic mass is 79.9. The fraction of sp³-hybridized carbons (Fsp3) is 0.385. The molecule has 1 aromatic heterocycles. The SMILES string of the molecule is CCNCCCc1nnc(-c2cccc(Br)c2F)o1. The lowest BCUT2D eigenvalue weighted by molar-refractivity contribution is 0.489. The standard InChI is InChI=1S/C13H15BrFN3O/c1-2-16-8-4-7-11-17-18-13(19-11)9-5-3-6-10(14)12(9)15/h3,5-6,16H,2,4,7-8H2,1H3. The largest absolute Gasteiger partial charge is 0.421 e. The van der Waals surface area contributed by atoms with Gasteiger partial charge in [-0.1, -0.05) is 13.0 Å². The summed E-state index contributed by atoms with van der Waals surface area (Å²) in [6.45, 7) is 3.90. The predicted molar refractivity (Wildman–Crippen MR) is 74.3 cm³/mol. The van der Waals surface area contributed by atoms with Crippen molar-refractivity contribution in [3.05, 3.63) is 34.4 Å². The number of nitrogens with one attached hydrogen (secondary N) is 1. The maximum absolute atomic E-state index is 13.9. The monoisotopic (exact) mass is 327 g/mol. The van der Waals surface area contributed by atoms with Gasteiger partial charge in [-0.2, -0.15) is 0 Å². The van der Waals surface area contributed by atoms with E-state index < -0.39 is 0 Å². The van der Waals surface area contributed by atoms with Crippen LogP contribution in [0.3, 0.4) is 0 Å². The Morgan fingerprint density at radius 2 is 2.21 bits per heavy atom. The van der Waals surface area contributed by atoms with Gasteiger partial charge in [-0.15, -0.1) is 10.2 Å². The first kappa shape index (κ1) is 14.1. The summed E-state index contributed by atoms with van der Waals surface area (Å²) in [5.41, 5.74) is 0.319. The first-order chi connectivity index (χ1) is 9.22. The molecule has 0 aliphatic carbocycles. The summed E-state index contributed by atoms with van der Waals surface area (Å²) >= 11 is 3.14. The van der Waals surface area contributed by atoms with E-state index in [-0.39, 0.29) is 11.7 Å². The lowest BCUT2D eigenvalue weighted by Crippen LogP contribution is -2.14. The third kappa shape index (κ3) is 3.61. The average Bonchev–Trinajstić information content (AvgIpc) is 2.87. The highest BCUT2D eigenvalue weighted by Gasteiger charge is 2.14. The minimum absolute atomic E-state index is 0.220. The molecule has 0 fully saturated rings. The minimum Gasteiger partial charge on any atom is -0.421 e. The Labute approximate surface area is 119 Å². The number of aromatic nitrogens is 2. The Morgan fingerprint density at radius 3 is 3.00 bits per heavy atom. The zero-order valence-electron chi connectivity index (χ0n) is 10.6. The fourth-order valence-electron chi connectivity index (χ4n) is 1.67. The van der Waals surface area contributed by atoms with Gasteiger partial charge in [0.05, 0.1) is 10.0 Å². The van der Waals surface area contributed by atoms with Gasteiger partial charge in [0.1, 0.15) is 5.82 Å². The third-order valence-corrected chi connectivity index (χ3v) is 3.26. The smallest absolute Gasteiger partial charge is 0.250 e. The molecule has 0 aliphatic rings. The normalized spacial score (nSPS) is 10.9. The second-order valence-corrected chi connectivity index (χ2v) is 4.91. The molecule has 0 saturated carbocycles. The van der Waals surface area contributed by atoms with Gasteiger partial charge in [-0.25, -0.2) is 4.39 Å². The van der Waals surface area contributed by atoms with Crippen molar-refractivity contribution in [2.75, 3.05) is 13.1 Å². The molecule has 102 valence electrons. The van der Waals surface area contributed by atoms with Gasteiger partial charge < -0.3 is 9.73 Å². The molecule has 0 aliphatic heterocycles. The van der Waals surface area contributed by atoms with E-state index in [1.165, 1.54) is 0 Å². The number of benzene rings is 1. The van der Waals surface area contributed by atoms with Crippen molar-refractivity contribution >= 4 is 15.9 Å². The molecule has 4 nitrogen and oxygen atoms in total. The van der Waals surface area contributed by atoms with Crippen LogP contribution < -0.4 is 5.32 Å². The number of rotatable bonds is 6. The number of nitrogens with zero attached hydrogens (tertiary/aromatic N) is 2. The third-order valence-electron chi connectivity index (χ3n) is 2.64. The van der Waals surface area contributed by atoms with Crippen LogP contribution in [0.5, 0.6) is 0 Å². The lowest BCUT2D eigenvalue weighted by atomic mass is 10.2. The summed E-state index contributed by atoms with van der Waals surface area (Å²) < 4.78 is 19.7. The molecule has 0 bridgehead atoms. The van der Waals surface area contributed by atoms with Crippen molar-refractivity contribution in [1.29, 1.82) is 0 Å². The molecule has 0 saturated heterocycles. The summed E-state index contributed by atoms with van der Waals surface area (Å²) in [4.78, 5) is 0. The molecule has 0 unspecified atom stereocenters. The van der Waals surface area contributed by atoms with Crippen LogP contribution >= 0.6 is 15.9 Å². The number of halogens is 2. The van der Waals surface area contributed by atoms with Gasteiger partial charge in [0.2, 0.25) is 5.89 Å². The molecule has 1 N–H and O–H groups in total.